The van der Waals surface area contributed by atoms with Crippen LogP contribution in [0.1, 0.15) is 94.3 Å². The number of nitrogens with zero attached hydrogens (tertiary/aromatic N) is 4. The molecule has 4 aromatic carbocycles. The average Bonchev–Trinajstić information content (AvgIpc) is 3.49. The van der Waals surface area contributed by atoms with Gasteiger partial charge in [0.2, 0.25) is 0 Å². The minimum atomic E-state index is 0.481. The standard InChI is InChI=1S/C27H31N3.C23H25N/c1-20-28-14-18-30(20)17-13-23-19-22-7-3-4-9-25(22)27(21-11-15-29(2)16-12-21)26-10-6-5-8-24(23)26;1-3-17-16-19-8-4-5-10-21(19)23(18-12-14-24(2)15-13-18)22-11-7-6-9-20(17)22/h3-10,14,18-19,21,27H,11-13,15-17H2,1-2H3;3-11,16,18,23H,1,12-15H2,2H3. The lowest BCUT2D eigenvalue weighted by atomic mass is 9.74. The van der Waals surface area contributed by atoms with Crippen molar-refractivity contribution < 1.29 is 0 Å². The average molecular weight is 713 g/mol. The second-order valence-electron chi connectivity index (χ2n) is 16.1. The molecule has 0 spiro atoms. The number of fused-ring (bicyclic) bond motifs is 4. The van der Waals surface area contributed by atoms with Crippen LogP contribution in [0.2, 0.25) is 0 Å². The second kappa shape index (κ2) is 16.3. The van der Waals surface area contributed by atoms with E-state index >= 15 is 0 Å². The van der Waals surface area contributed by atoms with Crippen molar-refractivity contribution in [3.8, 4) is 0 Å². The van der Waals surface area contributed by atoms with Gasteiger partial charge in [0.05, 0.1) is 0 Å². The third kappa shape index (κ3) is 7.47. The van der Waals surface area contributed by atoms with Crippen molar-refractivity contribution >= 4 is 23.3 Å². The van der Waals surface area contributed by atoms with Crippen LogP contribution < -0.4 is 0 Å². The highest BCUT2D eigenvalue weighted by Gasteiger charge is 2.34. The number of aryl methyl sites for hydroxylation is 2. The van der Waals surface area contributed by atoms with E-state index in [9.17, 15) is 0 Å². The molecule has 2 aliphatic heterocycles. The molecule has 0 bridgehead atoms. The third-order valence-corrected chi connectivity index (χ3v) is 12.8. The fraction of sp³-hybridized carbons (Fsp3) is 0.340. The molecule has 9 rings (SSSR count). The summed E-state index contributed by atoms with van der Waals surface area (Å²) in [5.41, 5.74) is 14.2. The van der Waals surface area contributed by atoms with Crippen molar-refractivity contribution in [1.29, 1.82) is 0 Å². The Morgan fingerprint density at radius 3 is 1.65 bits per heavy atom. The lowest BCUT2D eigenvalue weighted by Gasteiger charge is -2.35. The third-order valence-electron chi connectivity index (χ3n) is 12.8. The van der Waals surface area contributed by atoms with Crippen LogP contribution in [-0.4, -0.2) is 59.6 Å². The molecule has 0 radical (unpaired) electrons. The fourth-order valence-corrected chi connectivity index (χ4v) is 9.78. The second-order valence-corrected chi connectivity index (χ2v) is 16.1. The van der Waals surface area contributed by atoms with Crippen molar-refractivity contribution in [1.82, 2.24) is 19.4 Å². The first-order chi connectivity index (χ1) is 26.5. The SMILES string of the molecule is C=CC1=Cc2ccccc2C(C2CCN(C)CC2)c2ccccc21.Cc1nccn1CCC1=Cc2ccccc2C(C2CCN(C)CC2)c2ccccc21. The van der Waals surface area contributed by atoms with Crippen LogP contribution in [0.15, 0.2) is 122 Å². The molecule has 0 N–H and O–H groups in total. The van der Waals surface area contributed by atoms with Gasteiger partial charge in [-0.15, -0.1) is 0 Å². The molecule has 2 fully saturated rings. The molecular formula is C50H56N4. The molecule has 1 aromatic heterocycles. The lowest BCUT2D eigenvalue weighted by Crippen LogP contribution is -2.33. The van der Waals surface area contributed by atoms with Crippen molar-refractivity contribution in [3.05, 3.63) is 172 Å². The van der Waals surface area contributed by atoms with Gasteiger partial charge in [0, 0.05) is 30.8 Å². The van der Waals surface area contributed by atoms with E-state index in [1.807, 2.05) is 12.3 Å². The molecule has 2 aliphatic carbocycles. The topological polar surface area (TPSA) is 24.3 Å². The number of allylic oxidation sites excluding steroid dienone is 3. The number of hydrogen-bond donors (Lipinski definition) is 0. The highest BCUT2D eigenvalue weighted by molar-refractivity contribution is 5.91. The summed E-state index contributed by atoms with van der Waals surface area (Å²) in [6.45, 7) is 11.9. The number of benzene rings is 4. The normalized spacial score (nSPS) is 20.4. The highest BCUT2D eigenvalue weighted by Crippen LogP contribution is 2.47. The molecule has 2 saturated heterocycles. The van der Waals surface area contributed by atoms with Crippen molar-refractivity contribution in [2.24, 2.45) is 11.8 Å². The Bertz CT molecular complexity index is 2140. The summed E-state index contributed by atoms with van der Waals surface area (Å²) in [4.78, 5) is 9.33. The smallest absolute Gasteiger partial charge is 0.105 e. The van der Waals surface area contributed by atoms with Crippen molar-refractivity contribution in [2.75, 3.05) is 40.3 Å². The number of piperidine rings is 2. The van der Waals surface area contributed by atoms with Gasteiger partial charge in [-0.1, -0.05) is 116 Å². The summed E-state index contributed by atoms with van der Waals surface area (Å²) >= 11 is 0. The number of rotatable bonds is 6. The van der Waals surface area contributed by atoms with Crippen LogP contribution >= 0.6 is 0 Å². The monoisotopic (exact) mass is 712 g/mol. The van der Waals surface area contributed by atoms with E-state index in [1.54, 1.807) is 0 Å². The van der Waals surface area contributed by atoms with E-state index in [2.05, 4.69) is 162 Å². The first-order valence-corrected chi connectivity index (χ1v) is 20.2. The fourth-order valence-electron chi connectivity index (χ4n) is 9.78. The van der Waals surface area contributed by atoms with Gasteiger partial charge in [0.15, 0.2) is 0 Å². The Morgan fingerprint density at radius 2 is 1.11 bits per heavy atom. The predicted octanol–water partition coefficient (Wildman–Crippen LogP) is 10.8. The van der Waals surface area contributed by atoms with Crippen LogP contribution in [-0.2, 0) is 6.54 Å². The van der Waals surface area contributed by atoms with E-state index in [0.717, 1.165) is 18.8 Å². The van der Waals surface area contributed by atoms with Crippen LogP contribution in [0.3, 0.4) is 0 Å². The Hall–Kier alpha value is -4.77. The van der Waals surface area contributed by atoms with E-state index in [0.29, 0.717) is 23.7 Å². The van der Waals surface area contributed by atoms with Gasteiger partial charge in [-0.05, 0) is 153 Å². The van der Waals surface area contributed by atoms with Gasteiger partial charge in [-0.2, -0.15) is 0 Å². The van der Waals surface area contributed by atoms with Crippen LogP contribution in [0, 0.1) is 18.8 Å². The molecule has 2 unspecified atom stereocenters. The Balaban J connectivity index is 0.000000157. The quantitative estimate of drug-likeness (QED) is 0.175. The summed E-state index contributed by atoms with van der Waals surface area (Å²) in [6.07, 6.45) is 16.9. The minimum absolute atomic E-state index is 0.481. The maximum Gasteiger partial charge on any atom is 0.105 e. The molecule has 0 amide bonds. The van der Waals surface area contributed by atoms with Crippen LogP contribution in [0.5, 0.6) is 0 Å². The summed E-state index contributed by atoms with van der Waals surface area (Å²) in [7, 11) is 4.49. The van der Waals surface area contributed by atoms with Gasteiger partial charge in [-0.3, -0.25) is 0 Å². The predicted molar refractivity (Wildman–Crippen MR) is 227 cm³/mol. The van der Waals surface area contributed by atoms with Crippen molar-refractivity contribution in [2.45, 2.75) is 57.4 Å². The first-order valence-electron chi connectivity index (χ1n) is 20.2. The maximum absolute atomic E-state index is 4.40. The summed E-state index contributed by atoms with van der Waals surface area (Å²) in [5, 5.41) is 0. The minimum Gasteiger partial charge on any atom is -0.335 e. The summed E-state index contributed by atoms with van der Waals surface area (Å²) < 4.78 is 2.26. The maximum atomic E-state index is 4.40. The van der Waals surface area contributed by atoms with E-state index in [1.165, 1.54) is 108 Å². The van der Waals surface area contributed by atoms with Gasteiger partial charge in [-0.25, -0.2) is 4.98 Å². The zero-order valence-corrected chi connectivity index (χ0v) is 32.5. The molecule has 2 atom stereocenters. The summed E-state index contributed by atoms with van der Waals surface area (Å²) in [5.74, 6) is 3.46. The zero-order valence-electron chi connectivity index (χ0n) is 32.5. The molecule has 276 valence electrons. The highest BCUT2D eigenvalue weighted by atomic mass is 15.1. The molecule has 5 aromatic rings. The van der Waals surface area contributed by atoms with E-state index in [4.69, 9.17) is 0 Å². The lowest BCUT2D eigenvalue weighted by molar-refractivity contribution is 0.207. The number of hydrogen-bond acceptors (Lipinski definition) is 3. The molecule has 4 aliphatic rings. The molecule has 4 heteroatoms. The molecule has 3 heterocycles. The first kappa shape index (κ1) is 36.2. The largest absolute Gasteiger partial charge is 0.335 e. The number of aromatic nitrogens is 2. The zero-order chi connectivity index (χ0) is 37.0. The van der Waals surface area contributed by atoms with Crippen LogP contribution in [0.25, 0.3) is 23.3 Å². The van der Waals surface area contributed by atoms with Gasteiger partial charge in [0.25, 0.3) is 0 Å². The molecule has 4 nitrogen and oxygen atoms in total. The summed E-state index contributed by atoms with van der Waals surface area (Å²) in [6, 6.07) is 36.1. The number of likely N-dealkylation sites (tertiary alicyclic amines) is 2. The van der Waals surface area contributed by atoms with Gasteiger partial charge < -0.3 is 14.4 Å². The Labute approximate surface area is 323 Å². The molecular weight excluding hydrogens is 657 g/mol. The van der Waals surface area contributed by atoms with Gasteiger partial charge >= 0.3 is 0 Å². The van der Waals surface area contributed by atoms with E-state index in [-0.39, 0.29) is 0 Å². The van der Waals surface area contributed by atoms with Crippen LogP contribution in [0.4, 0.5) is 0 Å². The Morgan fingerprint density at radius 1 is 0.630 bits per heavy atom. The molecule has 0 saturated carbocycles. The van der Waals surface area contributed by atoms with E-state index < -0.39 is 0 Å². The molecule has 54 heavy (non-hydrogen) atoms. The Kier molecular flexibility index (Phi) is 10.9. The van der Waals surface area contributed by atoms with Crippen molar-refractivity contribution in [3.63, 3.8) is 0 Å². The van der Waals surface area contributed by atoms with Gasteiger partial charge in [0.1, 0.15) is 5.82 Å². The number of imidazole rings is 1.